The van der Waals surface area contributed by atoms with Crippen molar-refractivity contribution in [2.24, 2.45) is 0 Å². The number of sulfonamides is 1. The fourth-order valence-corrected chi connectivity index (χ4v) is 4.61. The Kier molecular flexibility index (Phi) is 7.26. The van der Waals surface area contributed by atoms with Gasteiger partial charge in [-0.3, -0.25) is 4.79 Å². The summed E-state index contributed by atoms with van der Waals surface area (Å²) in [7, 11) is -0.472. The number of likely N-dealkylation sites (N-methyl/N-ethyl adjacent to an activating group) is 1. The first kappa shape index (κ1) is 22.7. The Morgan fingerprint density at radius 2 is 1.71 bits per heavy atom. The SMILES string of the molecule is CN(C)C(=O)C(NC(=O)Nc1cccc(S(=O)(=O)N2CCOCC2)c1)c1ccccc1. The van der Waals surface area contributed by atoms with Crippen LogP contribution in [0.15, 0.2) is 59.5 Å². The Morgan fingerprint density at radius 1 is 1.03 bits per heavy atom. The minimum Gasteiger partial charge on any atom is -0.379 e. The van der Waals surface area contributed by atoms with Crippen molar-refractivity contribution < 1.29 is 22.7 Å². The van der Waals surface area contributed by atoms with E-state index >= 15 is 0 Å². The second-order valence-corrected chi connectivity index (χ2v) is 9.16. The summed E-state index contributed by atoms with van der Waals surface area (Å²) in [6.07, 6.45) is 0. The largest absolute Gasteiger partial charge is 0.379 e. The first-order valence-corrected chi connectivity index (χ1v) is 11.2. The highest BCUT2D eigenvalue weighted by atomic mass is 32.2. The van der Waals surface area contributed by atoms with E-state index in [2.05, 4.69) is 10.6 Å². The van der Waals surface area contributed by atoms with Gasteiger partial charge in [-0.1, -0.05) is 36.4 Å². The summed E-state index contributed by atoms with van der Waals surface area (Å²) < 4.78 is 32.3. The molecule has 2 aromatic carbocycles. The van der Waals surface area contributed by atoms with Crippen molar-refractivity contribution in [1.82, 2.24) is 14.5 Å². The maximum absolute atomic E-state index is 12.8. The molecule has 31 heavy (non-hydrogen) atoms. The highest BCUT2D eigenvalue weighted by Gasteiger charge is 2.27. The molecule has 3 amide bonds. The summed E-state index contributed by atoms with van der Waals surface area (Å²) in [5.74, 6) is -0.287. The second kappa shape index (κ2) is 9.90. The van der Waals surface area contributed by atoms with Gasteiger partial charge in [0.25, 0.3) is 0 Å². The maximum atomic E-state index is 12.8. The van der Waals surface area contributed by atoms with Crippen LogP contribution in [0.3, 0.4) is 0 Å². The van der Waals surface area contributed by atoms with Gasteiger partial charge in [-0.05, 0) is 23.8 Å². The number of amides is 3. The number of anilines is 1. The van der Waals surface area contributed by atoms with Gasteiger partial charge >= 0.3 is 6.03 Å². The van der Waals surface area contributed by atoms with E-state index in [0.29, 0.717) is 24.5 Å². The lowest BCUT2D eigenvalue weighted by Gasteiger charge is -2.26. The quantitative estimate of drug-likeness (QED) is 0.702. The van der Waals surface area contributed by atoms with E-state index in [4.69, 9.17) is 4.74 Å². The fourth-order valence-electron chi connectivity index (χ4n) is 3.16. The molecule has 0 spiro atoms. The molecule has 2 N–H and O–H groups in total. The van der Waals surface area contributed by atoms with Gasteiger partial charge in [-0.2, -0.15) is 4.31 Å². The van der Waals surface area contributed by atoms with Gasteiger partial charge in [0.2, 0.25) is 15.9 Å². The van der Waals surface area contributed by atoms with Crippen molar-refractivity contribution in [1.29, 1.82) is 0 Å². The lowest BCUT2D eigenvalue weighted by molar-refractivity contribution is -0.130. The molecule has 1 saturated heterocycles. The molecule has 2 aromatic rings. The van der Waals surface area contributed by atoms with Crippen LogP contribution in [0.1, 0.15) is 11.6 Å². The number of hydrogen-bond donors (Lipinski definition) is 2. The molecule has 1 fully saturated rings. The Hall–Kier alpha value is -2.95. The van der Waals surface area contributed by atoms with Crippen LogP contribution in [0.2, 0.25) is 0 Å². The monoisotopic (exact) mass is 446 g/mol. The minimum atomic E-state index is -3.69. The minimum absolute atomic E-state index is 0.0798. The molecule has 0 aromatic heterocycles. The third-order valence-electron chi connectivity index (χ3n) is 4.80. The van der Waals surface area contributed by atoms with Crippen LogP contribution in [0, 0.1) is 0 Å². The molecule has 0 aliphatic carbocycles. The molecule has 0 saturated carbocycles. The number of carbonyl (C=O) groups excluding carboxylic acids is 2. The van der Waals surface area contributed by atoms with Crippen molar-refractivity contribution in [2.75, 3.05) is 45.7 Å². The number of nitrogens with zero attached hydrogens (tertiary/aromatic N) is 2. The van der Waals surface area contributed by atoms with Crippen molar-refractivity contribution in [3.05, 3.63) is 60.2 Å². The van der Waals surface area contributed by atoms with Gasteiger partial charge in [0.15, 0.2) is 0 Å². The van der Waals surface area contributed by atoms with E-state index in [0.717, 1.165) is 0 Å². The summed E-state index contributed by atoms with van der Waals surface area (Å²) in [6, 6.07) is 13.4. The number of hydrogen-bond acceptors (Lipinski definition) is 5. The Labute approximate surface area is 182 Å². The normalized spacial score (nSPS) is 15.7. The zero-order valence-corrected chi connectivity index (χ0v) is 18.3. The zero-order valence-electron chi connectivity index (χ0n) is 17.4. The van der Waals surface area contributed by atoms with Gasteiger partial charge in [0.05, 0.1) is 18.1 Å². The molecule has 1 aliphatic rings. The molecular formula is C21H26N4O5S. The number of morpholine rings is 1. The molecular weight excluding hydrogens is 420 g/mol. The third-order valence-corrected chi connectivity index (χ3v) is 6.69. The number of carbonyl (C=O) groups is 2. The lowest BCUT2D eigenvalue weighted by atomic mass is 10.1. The topological polar surface area (TPSA) is 108 Å². The van der Waals surface area contributed by atoms with Crippen molar-refractivity contribution >= 4 is 27.6 Å². The van der Waals surface area contributed by atoms with E-state index in [1.807, 2.05) is 6.07 Å². The van der Waals surface area contributed by atoms with Crippen molar-refractivity contribution in [3.8, 4) is 0 Å². The van der Waals surface area contributed by atoms with Crippen LogP contribution in [0.25, 0.3) is 0 Å². The molecule has 1 aliphatic heterocycles. The Balaban J connectivity index is 1.75. The van der Waals surface area contributed by atoms with E-state index in [1.165, 1.54) is 21.3 Å². The molecule has 1 heterocycles. The number of rotatable bonds is 6. The smallest absolute Gasteiger partial charge is 0.320 e. The average Bonchev–Trinajstić information content (AvgIpc) is 2.78. The van der Waals surface area contributed by atoms with Crippen molar-refractivity contribution in [3.63, 3.8) is 0 Å². The number of urea groups is 1. The molecule has 3 rings (SSSR count). The fraction of sp³-hybridized carbons (Fsp3) is 0.333. The zero-order chi connectivity index (χ0) is 22.4. The number of benzene rings is 2. The lowest BCUT2D eigenvalue weighted by Crippen LogP contribution is -2.41. The van der Waals surface area contributed by atoms with Gasteiger partial charge in [0.1, 0.15) is 6.04 Å². The van der Waals surface area contributed by atoms with Crippen LogP contribution in [-0.2, 0) is 19.6 Å². The van der Waals surface area contributed by atoms with Crippen LogP contribution in [0.5, 0.6) is 0 Å². The third kappa shape index (κ3) is 5.60. The van der Waals surface area contributed by atoms with Crippen LogP contribution >= 0.6 is 0 Å². The summed E-state index contributed by atoms with van der Waals surface area (Å²) in [4.78, 5) is 26.7. The summed E-state index contributed by atoms with van der Waals surface area (Å²) in [5, 5.41) is 5.29. The Bertz CT molecular complexity index is 1020. The van der Waals surface area contributed by atoms with Crippen LogP contribution in [-0.4, -0.2) is 70.0 Å². The first-order valence-electron chi connectivity index (χ1n) is 9.80. The highest BCUT2D eigenvalue weighted by molar-refractivity contribution is 7.89. The molecule has 0 radical (unpaired) electrons. The van der Waals surface area contributed by atoms with E-state index in [1.54, 1.807) is 50.5 Å². The summed E-state index contributed by atoms with van der Waals surface area (Å²) >= 11 is 0. The van der Waals surface area contributed by atoms with Gasteiger partial charge in [-0.25, -0.2) is 13.2 Å². The molecule has 1 unspecified atom stereocenters. The van der Waals surface area contributed by atoms with Crippen LogP contribution < -0.4 is 10.6 Å². The molecule has 9 nitrogen and oxygen atoms in total. The van der Waals surface area contributed by atoms with Gasteiger partial charge in [0, 0.05) is 32.9 Å². The predicted molar refractivity (Wildman–Crippen MR) is 116 cm³/mol. The molecule has 10 heteroatoms. The van der Waals surface area contributed by atoms with E-state index in [9.17, 15) is 18.0 Å². The van der Waals surface area contributed by atoms with Gasteiger partial charge < -0.3 is 20.3 Å². The summed E-state index contributed by atoms with van der Waals surface area (Å²) in [5.41, 5.74) is 0.941. The first-order chi connectivity index (χ1) is 14.8. The standard InChI is InChI=1S/C21H26N4O5S/c1-24(2)20(26)19(16-7-4-3-5-8-16)23-21(27)22-17-9-6-10-18(15-17)31(28,29)25-11-13-30-14-12-25/h3-10,15,19H,11-14H2,1-2H3,(H2,22,23,27). The van der Waals surface area contributed by atoms with E-state index < -0.39 is 22.1 Å². The predicted octanol–water partition coefficient (Wildman–Crippen LogP) is 1.66. The number of nitrogens with one attached hydrogen (secondary N) is 2. The molecule has 1 atom stereocenters. The second-order valence-electron chi connectivity index (χ2n) is 7.22. The maximum Gasteiger partial charge on any atom is 0.320 e. The van der Waals surface area contributed by atoms with Crippen LogP contribution in [0.4, 0.5) is 10.5 Å². The Morgan fingerprint density at radius 3 is 2.35 bits per heavy atom. The van der Waals surface area contributed by atoms with E-state index in [-0.39, 0.29) is 23.9 Å². The molecule has 166 valence electrons. The average molecular weight is 447 g/mol. The number of ether oxygens (including phenoxy) is 1. The summed E-state index contributed by atoms with van der Waals surface area (Å²) in [6.45, 7) is 1.26. The highest BCUT2D eigenvalue weighted by Crippen LogP contribution is 2.21. The molecule has 0 bridgehead atoms. The van der Waals surface area contributed by atoms with Crippen molar-refractivity contribution in [2.45, 2.75) is 10.9 Å². The van der Waals surface area contributed by atoms with Gasteiger partial charge in [-0.15, -0.1) is 0 Å².